The van der Waals surface area contributed by atoms with Crippen molar-refractivity contribution in [1.29, 1.82) is 0 Å². The molecule has 2 aromatic rings. The molecule has 0 aliphatic carbocycles. The molecule has 0 atom stereocenters. The average Bonchev–Trinajstić information content (AvgIpc) is 2.58. The quantitative estimate of drug-likeness (QED) is 0.826. The first-order chi connectivity index (χ1) is 8.04. The summed E-state index contributed by atoms with van der Waals surface area (Å²) in [4.78, 5) is 0. The van der Waals surface area contributed by atoms with Crippen LogP contribution in [0.5, 0.6) is 5.88 Å². The topological polar surface area (TPSA) is 30.1 Å². The molecule has 0 aliphatic rings. The van der Waals surface area contributed by atoms with E-state index in [1.54, 1.807) is 10.8 Å². The highest BCUT2D eigenvalue weighted by Gasteiger charge is 2.10. The van der Waals surface area contributed by atoms with Crippen molar-refractivity contribution in [2.45, 2.75) is 27.3 Å². The highest BCUT2D eigenvalue weighted by atomic mass is 32.1. The number of hydrogen-bond donors (Lipinski definition) is 1. The lowest BCUT2D eigenvalue weighted by Crippen LogP contribution is -2.00. The van der Waals surface area contributed by atoms with E-state index in [0.717, 1.165) is 23.4 Å². The predicted molar refractivity (Wildman–Crippen MR) is 71.4 cm³/mol. The standard InChI is InChI=1S/C13H16N2OS/c1-4-14-8-12(16)15(13(14)17)11-7-9(2)5-6-10(11)3/h5-8,16H,4H2,1-3H3. The van der Waals surface area contributed by atoms with Crippen LogP contribution in [-0.2, 0) is 6.54 Å². The van der Waals surface area contributed by atoms with Crippen LogP contribution in [0.2, 0.25) is 0 Å². The van der Waals surface area contributed by atoms with Crippen molar-refractivity contribution in [1.82, 2.24) is 9.13 Å². The molecule has 0 aliphatic heterocycles. The van der Waals surface area contributed by atoms with Gasteiger partial charge in [0.15, 0.2) is 4.77 Å². The second-order valence-corrected chi connectivity index (χ2v) is 4.55. The number of aryl methyl sites for hydroxylation is 3. The third kappa shape index (κ3) is 2.00. The Morgan fingerprint density at radius 2 is 2.00 bits per heavy atom. The third-order valence-corrected chi connectivity index (χ3v) is 3.30. The number of aromatic hydroxyl groups is 1. The molecule has 0 radical (unpaired) electrons. The minimum absolute atomic E-state index is 0.186. The molecule has 1 heterocycles. The molecule has 0 bridgehead atoms. The lowest BCUT2D eigenvalue weighted by atomic mass is 10.1. The summed E-state index contributed by atoms with van der Waals surface area (Å²) in [6.07, 6.45) is 1.67. The first-order valence-corrected chi connectivity index (χ1v) is 6.04. The number of nitrogens with zero attached hydrogens (tertiary/aromatic N) is 2. The van der Waals surface area contributed by atoms with Crippen molar-refractivity contribution in [3.05, 3.63) is 40.3 Å². The maximum absolute atomic E-state index is 9.99. The van der Waals surface area contributed by atoms with Gasteiger partial charge in [0.05, 0.1) is 11.9 Å². The van der Waals surface area contributed by atoms with Crippen LogP contribution in [0.25, 0.3) is 5.69 Å². The molecule has 2 rings (SSSR count). The minimum atomic E-state index is 0.186. The minimum Gasteiger partial charge on any atom is -0.493 e. The van der Waals surface area contributed by atoms with Crippen molar-refractivity contribution >= 4 is 12.2 Å². The fourth-order valence-electron chi connectivity index (χ4n) is 1.89. The molecule has 17 heavy (non-hydrogen) atoms. The van der Waals surface area contributed by atoms with Crippen molar-refractivity contribution < 1.29 is 5.11 Å². The fourth-order valence-corrected chi connectivity index (χ4v) is 2.27. The van der Waals surface area contributed by atoms with Gasteiger partial charge in [0.25, 0.3) is 0 Å². The predicted octanol–water partition coefficient (Wildman–Crippen LogP) is 3.35. The van der Waals surface area contributed by atoms with Crippen LogP contribution in [0.4, 0.5) is 0 Å². The zero-order valence-electron chi connectivity index (χ0n) is 10.3. The average molecular weight is 248 g/mol. The Labute approximate surface area is 106 Å². The first-order valence-electron chi connectivity index (χ1n) is 5.63. The van der Waals surface area contributed by atoms with Gasteiger partial charge in [-0.25, -0.2) is 0 Å². The molecule has 0 unspecified atom stereocenters. The van der Waals surface area contributed by atoms with Gasteiger partial charge < -0.3 is 9.67 Å². The van der Waals surface area contributed by atoms with E-state index in [1.807, 2.05) is 37.5 Å². The molecule has 0 saturated heterocycles. The molecule has 3 nitrogen and oxygen atoms in total. The van der Waals surface area contributed by atoms with Gasteiger partial charge in [0, 0.05) is 6.54 Å². The summed E-state index contributed by atoms with van der Waals surface area (Å²) in [5.41, 5.74) is 3.19. The Bertz CT molecular complexity index is 610. The second-order valence-electron chi connectivity index (χ2n) is 4.18. The van der Waals surface area contributed by atoms with Crippen LogP contribution in [0.3, 0.4) is 0 Å². The van der Waals surface area contributed by atoms with Gasteiger partial charge in [-0.05, 0) is 50.2 Å². The van der Waals surface area contributed by atoms with Crippen LogP contribution >= 0.6 is 12.2 Å². The molecule has 0 amide bonds. The van der Waals surface area contributed by atoms with E-state index < -0.39 is 0 Å². The van der Waals surface area contributed by atoms with Crippen LogP contribution in [0.1, 0.15) is 18.1 Å². The molecule has 1 aromatic carbocycles. The van der Waals surface area contributed by atoms with Crippen molar-refractivity contribution in [3.8, 4) is 11.6 Å². The van der Waals surface area contributed by atoms with Gasteiger partial charge in [-0.2, -0.15) is 0 Å². The van der Waals surface area contributed by atoms with Crippen molar-refractivity contribution in [3.63, 3.8) is 0 Å². The molecule has 0 fully saturated rings. The summed E-state index contributed by atoms with van der Waals surface area (Å²) in [5, 5.41) is 9.99. The maximum atomic E-state index is 9.99. The van der Waals surface area contributed by atoms with Crippen LogP contribution in [0.15, 0.2) is 24.4 Å². The van der Waals surface area contributed by atoms with Gasteiger partial charge in [-0.3, -0.25) is 4.57 Å². The third-order valence-electron chi connectivity index (χ3n) is 2.88. The van der Waals surface area contributed by atoms with Crippen molar-refractivity contribution in [2.24, 2.45) is 0 Å². The summed E-state index contributed by atoms with van der Waals surface area (Å²) in [7, 11) is 0. The largest absolute Gasteiger partial charge is 0.493 e. The molecular formula is C13H16N2OS. The first kappa shape index (κ1) is 11.9. The fraction of sp³-hybridized carbons (Fsp3) is 0.308. The number of rotatable bonds is 2. The SMILES string of the molecule is CCn1cc(O)n(-c2cc(C)ccc2C)c1=S. The molecular weight excluding hydrogens is 232 g/mol. The maximum Gasteiger partial charge on any atom is 0.214 e. The van der Waals surface area contributed by atoms with E-state index in [2.05, 4.69) is 6.07 Å². The van der Waals surface area contributed by atoms with E-state index in [1.165, 1.54) is 0 Å². The summed E-state index contributed by atoms with van der Waals surface area (Å²) in [5.74, 6) is 0.186. The molecule has 90 valence electrons. The summed E-state index contributed by atoms with van der Waals surface area (Å²) in [6.45, 7) is 6.80. The lowest BCUT2D eigenvalue weighted by Gasteiger charge is -2.09. The highest BCUT2D eigenvalue weighted by molar-refractivity contribution is 7.71. The van der Waals surface area contributed by atoms with E-state index in [4.69, 9.17) is 12.2 Å². The highest BCUT2D eigenvalue weighted by Crippen LogP contribution is 2.23. The number of benzene rings is 1. The Balaban J connectivity index is 2.72. The van der Waals surface area contributed by atoms with Crippen LogP contribution in [-0.4, -0.2) is 14.2 Å². The molecule has 4 heteroatoms. The van der Waals surface area contributed by atoms with E-state index in [-0.39, 0.29) is 5.88 Å². The zero-order chi connectivity index (χ0) is 12.6. The number of imidazole rings is 1. The summed E-state index contributed by atoms with van der Waals surface area (Å²) in [6, 6.07) is 6.12. The van der Waals surface area contributed by atoms with E-state index >= 15 is 0 Å². The molecule has 0 saturated carbocycles. The Morgan fingerprint density at radius 3 is 2.59 bits per heavy atom. The van der Waals surface area contributed by atoms with E-state index in [9.17, 15) is 5.11 Å². The second kappa shape index (κ2) is 4.37. The Hall–Kier alpha value is -1.55. The van der Waals surface area contributed by atoms with Crippen LogP contribution in [0, 0.1) is 18.6 Å². The molecule has 1 aromatic heterocycles. The Kier molecular flexibility index (Phi) is 3.07. The number of hydrogen-bond acceptors (Lipinski definition) is 2. The molecule has 1 N–H and O–H groups in total. The van der Waals surface area contributed by atoms with Gasteiger partial charge in [0.1, 0.15) is 0 Å². The Morgan fingerprint density at radius 1 is 1.29 bits per heavy atom. The van der Waals surface area contributed by atoms with Crippen molar-refractivity contribution in [2.75, 3.05) is 0 Å². The van der Waals surface area contributed by atoms with Gasteiger partial charge >= 0.3 is 0 Å². The van der Waals surface area contributed by atoms with Crippen LogP contribution < -0.4 is 0 Å². The van der Waals surface area contributed by atoms with Gasteiger partial charge in [-0.1, -0.05) is 12.1 Å². The van der Waals surface area contributed by atoms with Gasteiger partial charge in [-0.15, -0.1) is 0 Å². The molecule has 0 spiro atoms. The van der Waals surface area contributed by atoms with Gasteiger partial charge in [0.2, 0.25) is 5.88 Å². The normalized spacial score (nSPS) is 10.8. The summed E-state index contributed by atoms with van der Waals surface area (Å²) < 4.78 is 4.19. The lowest BCUT2D eigenvalue weighted by molar-refractivity contribution is 0.441. The zero-order valence-corrected chi connectivity index (χ0v) is 11.1. The summed E-state index contributed by atoms with van der Waals surface area (Å²) >= 11 is 5.36. The monoisotopic (exact) mass is 248 g/mol. The smallest absolute Gasteiger partial charge is 0.214 e. The number of aromatic nitrogens is 2. The van der Waals surface area contributed by atoms with E-state index in [0.29, 0.717) is 4.77 Å².